The van der Waals surface area contributed by atoms with Crippen molar-refractivity contribution in [2.75, 3.05) is 30.4 Å². The minimum Gasteiger partial charge on any atom is -0.330 e. The van der Waals surface area contributed by atoms with E-state index in [1.54, 1.807) is 6.07 Å². The molecule has 1 unspecified atom stereocenters. The number of fused-ring (bicyclic) bond motifs is 4. The zero-order valence-electron chi connectivity index (χ0n) is 15.9. The maximum Gasteiger partial charge on any atom is 0.274 e. The van der Waals surface area contributed by atoms with Crippen LogP contribution in [-0.2, 0) is 17.9 Å². The van der Waals surface area contributed by atoms with Gasteiger partial charge >= 0.3 is 0 Å². The van der Waals surface area contributed by atoms with Crippen molar-refractivity contribution in [1.82, 2.24) is 4.57 Å². The molecule has 1 fully saturated rings. The molecule has 2 aliphatic heterocycles. The normalized spacial score (nSPS) is 23.1. The second-order valence-corrected chi connectivity index (χ2v) is 8.69. The Hall–Kier alpha value is -2.12. The maximum atomic E-state index is 13.1. The van der Waals surface area contributed by atoms with Crippen LogP contribution in [0.3, 0.4) is 0 Å². The Balaban J connectivity index is 1.52. The molecule has 0 saturated carbocycles. The molecule has 2 bridgehead atoms. The summed E-state index contributed by atoms with van der Waals surface area (Å²) in [5, 5.41) is 2.74. The number of hydrogen-bond donors (Lipinski definition) is 2. The van der Waals surface area contributed by atoms with Crippen molar-refractivity contribution >= 4 is 23.4 Å². The summed E-state index contributed by atoms with van der Waals surface area (Å²) in [4.78, 5) is 26.2. The number of hydrogen-bond acceptors (Lipinski definition) is 3. The molecule has 0 radical (unpaired) electrons. The minimum atomic E-state index is -0.206. The Morgan fingerprint density at radius 1 is 1.25 bits per heavy atom. The first-order valence-corrected chi connectivity index (χ1v) is 11.0. The van der Waals surface area contributed by atoms with Gasteiger partial charge in [0.25, 0.3) is 5.56 Å². The molecule has 3 atom stereocenters. The lowest BCUT2D eigenvalue weighted by atomic mass is 9.83. The van der Waals surface area contributed by atoms with E-state index in [9.17, 15) is 14.0 Å². The highest BCUT2D eigenvalue weighted by molar-refractivity contribution is 7.99. The number of carbonyl (C=O) groups excluding carboxylic acids is 1. The summed E-state index contributed by atoms with van der Waals surface area (Å²) in [6.07, 6.45) is 2.96. The van der Waals surface area contributed by atoms with Crippen molar-refractivity contribution in [2.24, 2.45) is 5.92 Å². The highest BCUT2D eigenvalue weighted by Gasteiger charge is 2.37. The molecule has 1 amide bonds. The van der Waals surface area contributed by atoms with Gasteiger partial charge in [-0.3, -0.25) is 9.59 Å². The molecule has 4 rings (SSSR count). The molecule has 28 heavy (non-hydrogen) atoms. The molecule has 0 spiro atoms. The number of quaternary nitrogens is 1. The third-order valence-corrected chi connectivity index (χ3v) is 6.27. The summed E-state index contributed by atoms with van der Waals surface area (Å²) >= 11 is 1.43. The van der Waals surface area contributed by atoms with Crippen LogP contribution in [-0.4, -0.2) is 35.6 Å². The summed E-state index contributed by atoms with van der Waals surface area (Å²) in [6, 6.07) is 10.5. The van der Waals surface area contributed by atoms with Gasteiger partial charge in [-0.15, -0.1) is 0 Å². The van der Waals surface area contributed by atoms with Gasteiger partial charge in [0.2, 0.25) is 5.91 Å². The van der Waals surface area contributed by atoms with Crippen molar-refractivity contribution in [2.45, 2.75) is 25.4 Å². The Morgan fingerprint density at radius 2 is 2.04 bits per heavy atom. The van der Waals surface area contributed by atoms with Crippen LogP contribution in [0.1, 0.15) is 23.6 Å². The number of nitrogens with one attached hydrogen (secondary N) is 2. The predicted molar refractivity (Wildman–Crippen MR) is 109 cm³/mol. The topological polar surface area (TPSA) is 55.5 Å². The monoisotopic (exact) mass is 402 g/mol. The van der Waals surface area contributed by atoms with E-state index in [4.69, 9.17) is 0 Å². The zero-order valence-corrected chi connectivity index (χ0v) is 16.7. The highest BCUT2D eigenvalue weighted by atomic mass is 32.2. The summed E-state index contributed by atoms with van der Waals surface area (Å²) in [5.41, 5.74) is 2.49. The number of aromatic nitrogens is 1. The number of benzene rings is 1. The largest absolute Gasteiger partial charge is 0.330 e. The number of amides is 1. The molecule has 2 aliphatic rings. The lowest BCUT2D eigenvalue weighted by Gasteiger charge is -2.40. The van der Waals surface area contributed by atoms with E-state index in [1.165, 1.54) is 28.8 Å². The molecule has 2 N–H and O–H groups in total. The molecule has 1 saturated heterocycles. The number of rotatable bonds is 5. The SMILES string of the molecule is CSCC(=O)Nc1ccc2n(c1=O)C[C@H]1C[C@@H]2C[NH+](Cc2ccc(F)cc2)C1. The predicted octanol–water partition coefficient (Wildman–Crippen LogP) is 1.49. The average Bonchev–Trinajstić information content (AvgIpc) is 2.66. The van der Waals surface area contributed by atoms with Crippen LogP contribution < -0.4 is 15.8 Å². The number of piperidine rings is 1. The maximum absolute atomic E-state index is 13.1. The molecule has 5 nitrogen and oxygen atoms in total. The minimum absolute atomic E-state index is 0.0939. The fraction of sp³-hybridized carbons (Fsp3) is 0.429. The average molecular weight is 403 g/mol. The number of halogens is 1. The first kappa shape index (κ1) is 19.2. The fourth-order valence-electron chi connectivity index (χ4n) is 4.62. The first-order chi connectivity index (χ1) is 13.5. The van der Waals surface area contributed by atoms with Gasteiger partial charge in [-0.1, -0.05) is 12.1 Å². The third-order valence-electron chi connectivity index (χ3n) is 5.71. The van der Waals surface area contributed by atoms with Gasteiger partial charge in [0.05, 0.1) is 18.8 Å². The number of nitrogens with zero attached hydrogens (tertiary/aromatic N) is 1. The molecule has 3 heterocycles. The summed E-state index contributed by atoms with van der Waals surface area (Å²) in [7, 11) is 0. The smallest absolute Gasteiger partial charge is 0.274 e. The van der Waals surface area contributed by atoms with Crippen LogP contribution >= 0.6 is 11.8 Å². The van der Waals surface area contributed by atoms with E-state index >= 15 is 0 Å². The van der Waals surface area contributed by atoms with Gasteiger partial charge in [0, 0.05) is 29.6 Å². The Kier molecular flexibility index (Phi) is 5.55. The zero-order chi connectivity index (χ0) is 19.7. The van der Waals surface area contributed by atoms with Crippen LogP contribution in [0.5, 0.6) is 0 Å². The van der Waals surface area contributed by atoms with E-state index < -0.39 is 0 Å². The quantitative estimate of drug-likeness (QED) is 0.797. The van der Waals surface area contributed by atoms with Crippen molar-refractivity contribution in [3.63, 3.8) is 0 Å². The standard InChI is InChI=1S/C21H24FN3O2S/c1-28-13-20(26)23-18-6-7-19-16-8-15(11-25(19)21(18)27)10-24(12-16)9-14-2-4-17(22)5-3-14/h2-7,15-16H,8-13H2,1H3,(H,23,26)/p+1/t15-,16+/m0/s1. The van der Waals surface area contributed by atoms with Crippen LogP contribution in [0, 0.1) is 11.7 Å². The van der Waals surface area contributed by atoms with E-state index in [1.807, 2.05) is 29.0 Å². The lowest BCUT2D eigenvalue weighted by molar-refractivity contribution is -0.924. The molecule has 2 aromatic rings. The van der Waals surface area contributed by atoms with E-state index in [0.717, 1.165) is 37.3 Å². The Bertz CT molecular complexity index is 928. The van der Waals surface area contributed by atoms with Gasteiger partial charge in [0.1, 0.15) is 18.0 Å². The van der Waals surface area contributed by atoms with Crippen molar-refractivity contribution in [3.05, 3.63) is 63.8 Å². The van der Waals surface area contributed by atoms with Crippen LogP contribution in [0.2, 0.25) is 0 Å². The van der Waals surface area contributed by atoms with Gasteiger partial charge in [-0.05, 0) is 36.9 Å². The first-order valence-electron chi connectivity index (χ1n) is 9.64. The van der Waals surface area contributed by atoms with E-state index in [2.05, 4.69) is 5.32 Å². The van der Waals surface area contributed by atoms with Crippen LogP contribution in [0.25, 0.3) is 0 Å². The second kappa shape index (κ2) is 8.09. The Labute approximate surface area is 167 Å². The van der Waals surface area contributed by atoms with Crippen LogP contribution in [0.4, 0.5) is 10.1 Å². The molecular weight excluding hydrogens is 377 g/mol. The van der Waals surface area contributed by atoms with Crippen molar-refractivity contribution in [3.8, 4) is 0 Å². The molecule has 0 aliphatic carbocycles. The molecule has 148 valence electrons. The molecule has 1 aromatic carbocycles. The van der Waals surface area contributed by atoms with Gasteiger partial charge in [0.15, 0.2) is 0 Å². The number of carbonyl (C=O) groups is 1. The third kappa shape index (κ3) is 4.00. The number of likely N-dealkylation sites (tertiary alicyclic amines) is 1. The van der Waals surface area contributed by atoms with Crippen molar-refractivity contribution < 1.29 is 14.1 Å². The summed E-state index contributed by atoms with van der Waals surface area (Å²) in [6.45, 7) is 3.54. The number of anilines is 1. The lowest BCUT2D eigenvalue weighted by Crippen LogP contribution is -3.13. The van der Waals surface area contributed by atoms with Gasteiger partial charge in [-0.25, -0.2) is 4.39 Å². The Morgan fingerprint density at radius 3 is 2.79 bits per heavy atom. The van der Waals surface area contributed by atoms with E-state index in [0.29, 0.717) is 29.8 Å². The summed E-state index contributed by atoms with van der Waals surface area (Å²) < 4.78 is 15.0. The summed E-state index contributed by atoms with van der Waals surface area (Å²) in [5.74, 6) is 0.774. The highest BCUT2D eigenvalue weighted by Crippen LogP contribution is 2.31. The number of thioether (sulfide) groups is 1. The fourth-order valence-corrected chi connectivity index (χ4v) is 4.95. The molecule has 1 aromatic heterocycles. The van der Waals surface area contributed by atoms with Gasteiger partial charge in [-0.2, -0.15) is 11.8 Å². The van der Waals surface area contributed by atoms with Gasteiger partial charge < -0.3 is 14.8 Å². The molecule has 7 heteroatoms. The van der Waals surface area contributed by atoms with E-state index in [-0.39, 0.29) is 17.3 Å². The van der Waals surface area contributed by atoms with Crippen molar-refractivity contribution in [1.29, 1.82) is 0 Å². The van der Waals surface area contributed by atoms with Crippen LogP contribution in [0.15, 0.2) is 41.2 Å². The second-order valence-electron chi connectivity index (χ2n) is 7.83. The number of pyridine rings is 1. The molecular formula is C21H25FN3O2S+.